The average molecular weight is 540 g/mol. The summed E-state index contributed by atoms with van der Waals surface area (Å²) in [7, 11) is -7.29. The number of anilines is 1. The number of ether oxygens (including phenoxy) is 2. The van der Waals surface area contributed by atoms with Gasteiger partial charge in [0.1, 0.15) is 18.4 Å². The Bertz CT molecular complexity index is 1240. The number of carbonyl (C=O) groups is 1. The van der Waals surface area contributed by atoms with Gasteiger partial charge in [0.05, 0.1) is 36.6 Å². The maximum atomic E-state index is 12.9. The predicted molar refractivity (Wildman–Crippen MR) is 137 cm³/mol. The molecule has 1 saturated heterocycles. The Morgan fingerprint density at radius 2 is 1.78 bits per heavy atom. The summed E-state index contributed by atoms with van der Waals surface area (Å²) < 4.78 is 63.9. The Morgan fingerprint density at radius 3 is 2.36 bits per heavy atom. The first kappa shape index (κ1) is 27.9. The van der Waals surface area contributed by atoms with Crippen LogP contribution in [0.3, 0.4) is 0 Å². The van der Waals surface area contributed by atoms with Crippen LogP contribution in [0.15, 0.2) is 53.4 Å². The summed E-state index contributed by atoms with van der Waals surface area (Å²) in [5.41, 5.74) is 1.32. The van der Waals surface area contributed by atoms with Crippen molar-refractivity contribution in [1.82, 2.24) is 9.62 Å². The molecule has 0 saturated carbocycles. The number of hydrogen-bond donors (Lipinski definition) is 1. The number of sulfonamides is 2. The number of morpholine rings is 1. The Morgan fingerprint density at radius 1 is 1.11 bits per heavy atom. The topological polar surface area (TPSA) is 122 Å². The second-order valence-electron chi connectivity index (χ2n) is 8.45. The normalized spacial score (nSPS) is 15.8. The standard InChI is InChI=1S/C24H33N3O7S2/c1-4-23(27(35(3,29)30)20-7-5-6-19(2)18-20)24(28)25-12-15-34-21-8-10-22(11-9-21)36(31,32)26-13-16-33-17-14-26/h5-11,18,23H,4,12-17H2,1-3H3,(H,25,28). The summed E-state index contributed by atoms with van der Waals surface area (Å²) in [4.78, 5) is 13.1. The molecule has 36 heavy (non-hydrogen) atoms. The molecule has 1 fully saturated rings. The van der Waals surface area contributed by atoms with E-state index in [1.165, 1.54) is 16.4 Å². The Hall–Kier alpha value is -2.67. The Labute approximate surface area is 213 Å². The van der Waals surface area contributed by atoms with Crippen LogP contribution < -0.4 is 14.4 Å². The molecule has 1 aliphatic rings. The number of nitrogens with zero attached hydrogens (tertiary/aromatic N) is 2. The maximum absolute atomic E-state index is 12.9. The number of hydrogen-bond acceptors (Lipinski definition) is 7. The van der Waals surface area contributed by atoms with Crippen molar-refractivity contribution in [3.05, 3.63) is 54.1 Å². The van der Waals surface area contributed by atoms with Crippen LogP contribution in [0.2, 0.25) is 0 Å². The third-order valence-electron chi connectivity index (χ3n) is 5.69. The molecular weight excluding hydrogens is 506 g/mol. The summed E-state index contributed by atoms with van der Waals surface area (Å²) in [5.74, 6) is 0.0229. The van der Waals surface area contributed by atoms with Crippen molar-refractivity contribution >= 4 is 31.6 Å². The number of amides is 1. The molecule has 0 aliphatic carbocycles. The molecule has 0 bridgehead atoms. The van der Waals surface area contributed by atoms with Gasteiger partial charge >= 0.3 is 0 Å². The fourth-order valence-corrected chi connectivity index (χ4v) is 6.54. The summed E-state index contributed by atoms with van der Waals surface area (Å²) >= 11 is 0. The number of nitrogens with one attached hydrogen (secondary N) is 1. The molecule has 0 spiro atoms. The van der Waals surface area contributed by atoms with E-state index in [0.29, 0.717) is 37.7 Å². The first-order valence-corrected chi connectivity index (χ1v) is 15.0. The van der Waals surface area contributed by atoms with Gasteiger partial charge in [0.25, 0.3) is 0 Å². The molecule has 3 rings (SSSR count). The molecule has 1 unspecified atom stereocenters. The zero-order valence-electron chi connectivity index (χ0n) is 20.7. The smallest absolute Gasteiger partial charge is 0.244 e. The summed E-state index contributed by atoms with van der Waals surface area (Å²) in [6.45, 7) is 5.26. The van der Waals surface area contributed by atoms with Gasteiger partial charge in [-0.1, -0.05) is 19.1 Å². The highest BCUT2D eigenvalue weighted by Crippen LogP contribution is 2.24. The minimum absolute atomic E-state index is 0.126. The van der Waals surface area contributed by atoms with Gasteiger partial charge in [-0.2, -0.15) is 4.31 Å². The largest absolute Gasteiger partial charge is 0.492 e. The molecule has 0 aromatic heterocycles. The van der Waals surface area contributed by atoms with E-state index in [2.05, 4.69) is 5.32 Å². The van der Waals surface area contributed by atoms with E-state index in [1.807, 2.05) is 13.0 Å². The van der Waals surface area contributed by atoms with Crippen molar-refractivity contribution < 1.29 is 31.1 Å². The molecule has 1 aliphatic heterocycles. The second-order valence-corrected chi connectivity index (χ2v) is 12.2. The van der Waals surface area contributed by atoms with Crippen molar-refractivity contribution in [2.75, 3.05) is 50.0 Å². The number of aryl methyl sites for hydroxylation is 1. The van der Waals surface area contributed by atoms with Crippen molar-refractivity contribution in [2.45, 2.75) is 31.2 Å². The van der Waals surface area contributed by atoms with E-state index in [9.17, 15) is 21.6 Å². The van der Waals surface area contributed by atoms with Gasteiger partial charge < -0.3 is 14.8 Å². The van der Waals surface area contributed by atoms with E-state index in [-0.39, 0.29) is 24.5 Å². The molecule has 1 amide bonds. The van der Waals surface area contributed by atoms with E-state index in [4.69, 9.17) is 9.47 Å². The van der Waals surface area contributed by atoms with Crippen LogP contribution in [0.1, 0.15) is 18.9 Å². The number of rotatable bonds is 11. The highest BCUT2D eigenvalue weighted by atomic mass is 32.2. The lowest BCUT2D eigenvalue weighted by Crippen LogP contribution is -2.50. The van der Waals surface area contributed by atoms with Gasteiger partial charge in [0.15, 0.2) is 0 Å². The molecule has 2 aromatic carbocycles. The van der Waals surface area contributed by atoms with Crippen LogP contribution in [0, 0.1) is 6.92 Å². The lowest BCUT2D eigenvalue weighted by atomic mass is 10.1. The van der Waals surface area contributed by atoms with Crippen molar-refractivity contribution in [1.29, 1.82) is 0 Å². The zero-order chi connectivity index (χ0) is 26.3. The van der Waals surface area contributed by atoms with Crippen LogP contribution in [-0.2, 0) is 29.6 Å². The summed E-state index contributed by atoms with van der Waals surface area (Å²) in [6, 6.07) is 12.2. The van der Waals surface area contributed by atoms with Crippen molar-refractivity contribution in [3.8, 4) is 5.75 Å². The zero-order valence-corrected chi connectivity index (χ0v) is 22.3. The first-order chi connectivity index (χ1) is 17.0. The van der Waals surface area contributed by atoms with E-state index in [0.717, 1.165) is 16.1 Å². The van der Waals surface area contributed by atoms with Crippen LogP contribution in [0.25, 0.3) is 0 Å². The van der Waals surface area contributed by atoms with Crippen molar-refractivity contribution in [2.24, 2.45) is 0 Å². The van der Waals surface area contributed by atoms with E-state index in [1.54, 1.807) is 37.3 Å². The number of carbonyl (C=O) groups excluding carboxylic acids is 1. The van der Waals surface area contributed by atoms with Crippen molar-refractivity contribution in [3.63, 3.8) is 0 Å². The molecule has 12 heteroatoms. The van der Waals surface area contributed by atoms with Crippen LogP contribution in [-0.4, -0.2) is 78.8 Å². The SMILES string of the molecule is CCC(C(=O)NCCOc1ccc(S(=O)(=O)N2CCOCC2)cc1)N(c1cccc(C)c1)S(C)(=O)=O. The summed E-state index contributed by atoms with van der Waals surface area (Å²) in [5, 5.41) is 2.74. The van der Waals surface area contributed by atoms with Gasteiger partial charge in [-0.05, 0) is 55.3 Å². The maximum Gasteiger partial charge on any atom is 0.244 e. The van der Waals surface area contributed by atoms with Gasteiger partial charge in [-0.25, -0.2) is 16.8 Å². The molecule has 2 aromatic rings. The summed E-state index contributed by atoms with van der Waals surface area (Å²) in [6.07, 6.45) is 1.37. The second kappa shape index (κ2) is 12.0. The number of benzene rings is 2. The Kier molecular flexibility index (Phi) is 9.34. The van der Waals surface area contributed by atoms with Gasteiger partial charge in [-0.15, -0.1) is 0 Å². The molecule has 10 nitrogen and oxygen atoms in total. The van der Waals surface area contributed by atoms with Gasteiger partial charge in [-0.3, -0.25) is 9.10 Å². The molecule has 1 atom stereocenters. The monoisotopic (exact) mass is 539 g/mol. The fourth-order valence-electron chi connectivity index (χ4n) is 3.93. The molecule has 1 N–H and O–H groups in total. The lowest BCUT2D eigenvalue weighted by molar-refractivity contribution is -0.122. The average Bonchev–Trinajstić information content (AvgIpc) is 2.85. The van der Waals surface area contributed by atoms with E-state index < -0.39 is 32.0 Å². The highest BCUT2D eigenvalue weighted by molar-refractivity contribution is 7.92. The molecule has 198 valence electrons. The lowest BCUT2D eigenvalue weighted by Gasteiger charge is -2.30. The van der Waals surface area contributed by atoms with Gasteiger partial charge in [0.2, 0.25) is 26.0 Å². The third-order valence-corrected chi connectivity index (χ3v) is 8.78. The molecular formula is C24H33N3O7S2. The van der Waals surface area contributed by atoms with Gasteiger partial charge in [0, 0.05) is 13.1 Å². The molecule has 0 radical (unpaired) electrons. The van der Waals surface area contributed by atoms with E-state index >= 15 is 0 Å². The highest BCUT2D eigenvalue weighted by Gasteiger charge is 2.31. The third kappa shape index (κ3) is 6.96. The predicted octanol–water partition coefficient (Wildman–Crippen LogP) is 1.76. The minimum Gasteiger partial charge on any atom is -0.492 e. The van der Waals surface area contributed by atoms with Crippen LogP contribution >= 0.6 is 0 Å². The fraction of sp³-hybridized carbons (Fsp3) is 0.458. The minimum atomic E-state index is -3.71. The molecule has 1 heterocycles. The Balaban J connectivity index is 1.57. The van der Waals surface area contributed by atoms with Crippen LogP contribution in [0.4, 0.5) is 5.69 Å². The first-order valence-electron chi connectivity index (χ1n) is 11.7. The van der Waals surface area contributed by atoms with Crippen LogP contribution in [0.5, 0.6) is 5.75 Å². The quantitative estimate of drug-likeness (QED) is 0.432.